The van der Waals surface area contributed by atoms with Crippen LogP contribution in [0.1, 0.15) is 0 Å². The molecular formula is C16H12N2O4. The Morgan fingerprint density at radius 3 is 2.32 bits per heavy atom. The van der Waals surface area contributed by atoms with Crippen LogP contribution >= 0.6 is 0 Å². The summed E-state index contributed by atoms with van der Waals surface area (Å²) in [5.74, 6) is -0.907. The van der Waals surface area contributed by atoms with Crippen LogP contribution in [0.25, 0.3) is 33.1 Å². The fourth-order valence-corrected chi connectivity index (χ4v) is 2.73. The molecule has 6 N–H and O–H groups in total. The van der Waals surface area contributed by atoms with Gasteiger partial charge in [-0.25, -0.2) is 0 Å². The highest BCUT2D eigenvalue weighted by Crippen LogP contribution is 2.43. The lowest BCUT2D eigenvalue weighted by atomic mass is 10.1. The topological polar surface area (TPSA) is 112 Å². The summed E-state index contributed by atoms with van der Waals surface area (Å²) in [6.45, 7) is 0. The molecule has 0 aliphatic heterocycles. The number of H-pyrrole nitrogens is 2. The number of benzene rings is 2. The molecule has 2 heterocycles. The molecular weight excluding hydrogens is 284 g/mol. The predicted octanol–water partition coefficient (Wildman–Crippen LogP) is 3.14. The van der Waals surface area contributed by atoms with Crippen molar-refractivity contribution < 1.29 is 20.4 Å². The van der Waals surface area contributed by atoms with Gasteiger partial charge in [0.25, 0.3) is 0 Å². The second-order valence-corrected chi connectivity index (χ2v) is 5.17. The lowest BCUT2D eigenvalue weighted by Crippen LogP contribution is -1.83. The average Bonchev–Trinajstić information content (AvgIpc) is 3.07. The number of aromatic nitrogens is 2. The van der Waals surface area contributed by atoms with Crippen LogP contribution in [0.5, 0.6) is 23.0 Å². The second kappa shape index (κ2) is 4.11. The Morgan fingerprint density at radius 2 is 1.50 bits per heavy atom. The first kappa shape index (κ1) is 12.5. The molecule has 2 aromatic carbocycles. The van der Waals surface area contributed by atoms with Crippen LogP contribution in [0.3, 0.4) is 0 Å². The van der Waals surface area contributed by atoms with E-state index < -0.39 is 0 Å². The Balaban J connectivity index is 2.06. The lowest BCUT2D eigenvalue weighted by molar-refractivity contribution is 0.405. The molecule has 4 aromatic rings. The molecule has 0 saturated carbocycles. The molecule has 0 aliphatic carbocycles. The van der Waals surface area contributed by atoms with Crippen molar-refractivity contribution in [1.29, 1.82) is 0 Å². The number of aromatic hydroxyl groups is 4. The molecule has 0 bridgehead atoms. The summed E-state index contributed by atoms with van der Waals surface area (Å²) >= 11 is 0. The fraction of sp³-hybridized carbons (Fsp3) is 0. The molecule has 0 spiro atoms. The average molecular weight is 296 g/mol. The van der Waals surface area contributed by atoms with Gasteiger partial charge >= 0.3 is 0 Å². The summed E-state index contributed by atoms with van der Waals surface area (Å²) in [5.41, 5.74) is 2.26. The third-order valence-corrected chi connectivity index (χ3v) is 3.79. The number of phenols is 4. The van der Waals surface area contributed by atoms with Gasteiger partial charge in [-0.2, -0.15) is 0 Å². The molecule has 0 amide bonds. The lowest BCUT2D eigenvalue weighted by Gasteiger charge is -2.06. The highest BCUT2D eigenvalue weighted by Gasteiger charge is 2.17. The monoisotopic (exact) mass is 296 g/mol. The van der Waals surface area contributed by atoms with Crippen LogP contribution in [0.2, 0.25) is 0 Å². The minimum absolute atomic E-state index is 0.216. The Bertz CT molecular complexity index is 991. The molecule has 0 unspecified atom stereocenters. The summed E-state index contributed by atoms with van der Waals surface area (Å²) < 4.78 is 0. The van der Waals surface area contributed by atoms with Gasteiger partial charge in [-0.3, -0.25) is 0 Å². The molecule has 0 radical (unpaired) electrons. The van der Waals surface area contributed by atoms with Gasteiger partial charge in [-0.05, 0) is 24.3 Å². The van der Waals surface area contributed by atoms with Crippen molar-refractivity contribution in [1.82, 2.24) is 9.97 Å². The predicted molar refractivity (Wildman–Crippen MR) is 82.3 cm³/mol. The SMILES string of the molecule is Oc1cc2cc(-c3c(O)c(O)cc4cc[nH]c34)[nH]c2cc1O. The molecule has 0 atom stereocenters. The van der Waals surface area contributed by atoms with Gasteiger partial charge in [0.15, 0.2) is 23.0 Å². The Hall–Kier alpha value is -3.28. The Kier molecular flexibility index (Phi) is 2.33. The normalized spacial score (nSPS) is 11.5. The molecule has 6 heteroatoms. The van der Waals surface area contributed by atoms with E-state index in [2.05, 4.69) is 9.97 Å². The van der Waals surface area contributed by atoms with E-state index in [1.165, 1.54) is 18.2 Å². The zero-order valence-corrected chi connectivity index (χ0v) is 11.3. The van der Waals surface area contributed by atoms with E-state index >= 15 is 0 Å². The summed E-state index contributed by atoms with van der Waals surface area (Å²) in [5, 5.41) is 40.7. The molecule has 4 rings (SSSR count). The number of phenolic OH excluding ortho intramolecular Hbond substituents is 4. The van der Waals surface area contributed by atoms with Gasteiger partial charge in [-0.1, -0.05) is 0 Å². The molecule has 0 saturated heterocycles. The molecule has 22 heavy (non-hydrogen) atoms. The second-order valence-electron chi connectivity index (χ2n) is 5.17. The van der Waals surface area contributed by atoms with Crippen LogP contribution in [0.4, 0.5) is 0 Å². The standard InChI is InChI=1S/C16H12N2O4/c19-11-5-8-3-10(18-9(8)6-12(11)20)14-15-7(1-2-17-15)4-13(21)16(14)22/h1-6,17-22H. The van der Waals surface area contributed by atoms with Crippen molar-refractivity contribution in [2.75, 3.05) is 0 Å². The summed E-state index contributed by atoms with van der Waals surface area (Å²) in [6, 6.07) is 7.82. The summed E-state index contributed by atoms with van der Waals surface area (Å²) in [4.78, 5) is 6.10. The van der Waals surface area contributed by atoms with Crippen LogP contribution in [0.15, 0.2) is 36.5 Å². The zero-order chi connectivity index (χ0) is 15.4. The van der Waals surface area contributed by atoms with Gasteiger partial charge in [0.05, 0.1) is 16.8 Å². The molecule has 0 fully saturated rings. The zero-order valence-electron chi connectivity index (χ0n) is 11.3. The van der Waals surface area contributed by atoms with E-state index in [4.69, 9.17) is 0 Å². The minimum atomic E-state index is -0.241. The number of nitrogens with one attached hydrogen (secondary N) is 2. The maximum absolute atomic E-state index is 10.2. The van der Waals surface area contributed by atoms with Gasteiger partial charge in [-0.15, -0.1) is 0 Å². The van der Waals surface area contributed by atoms with E-state index in [9.17, 15) is 20.4 Å². The van der Waals surface area contributed by atoms with Crippen molar-refractivity contribution in [2.24, 2.45) is 0 Å². The van der Waals surface area contributed by atoms with Gasteiger partial charge in [0.2, 0.25) is 0 Å². The summed E-state index contributed by atoms with van der Waals surface area (Å²) in [6.07, 6.45) is 1.72. The third-order valence-electron chi connectivity index (χ3n) is 3.79. The Morgan fingerprint density at radius 1 is 0.773 bits per heavy atom. The van der Waals surface area contributed by atoms with Crippen LogP contribution in [-0.4, -0.2) is 30.4 Å². The van der Waals surface area contributed by atoms with Crippen molar-refractivity contribution in [2.45, 2.75) is 0 Å². The number of rotatable bonds is 1. The fourth-order valence-electron chi connectivity index (χ4n) is 2.73. The summed E-state index contributed by atoms with van der Waals surface area (Å²) in [7, 11) is 0. The van der Waals surface area contributed by atoms with E-state index in [0.717, 1.165) is 5.39 Å². The van der Waals surface area contributed by atoms with Crippen molar-refractivity contribution in [3.05, 3.63) is 36.5 Å². The highest BCUT2D eigenvalue weighted by atomic mass is 16.3. The van der Waals surface area contributed by atoms with Crippen LogP contribution in [0, 0.1) is 0 Å². The van der Waals surface area contributed by atoms with Crippen molar-refractivity contribution >= 4 is 21.8 Å². The maximum Gasteiger partial charge on any atom is 0.169 e. The number of hydrogen-bond acceptors (Lipinski definition) is 4. The minimum Gasteiger partial charge on any atom is -0.504 e. The van der Waals surface area contributed by atoms with E-state index in [1.54, 1.807) is 18.3 Å². The highest BCUT2D eigenvalue weighted by molar-refractivity contribution is 6.01. The molecule has 110 valence electrons. The Labute approximate surface area is 123 Å². The molecule has 0 aliphatic rings. The van der Waals surface area contributed by atoms with Crippen LogP contribution < -0.4 is 0 Å². The largest absolute Gasteiger partial charge is 0.504 e. The first-order chi connectivity index (χ1) is 10.5. The van der Waals surface area contributed by atoms with E-state index in [1.807, 2.05) is 0 Å². The third kappa shape index (κ3) is 1.61. The molecule has 6 nitrogen and oxygen atoms in total. The van der Waals surface area contributed by atoms with Gasteiger partial charge in [0.1, 0.15) is 0 Å². The van der Waals surface area contributed by atoms with Gasteiger partial charge < -0.3 is 30.4 Å². The quantitative estimate of drug-likeness (QED) is 0.303. The number of aromatic amines is 2. The first-order valence-corrected chi connectivity index (χ1v) is 6.61. The number of fused-ring (bicyclic) bond motifs is 2. The van der Waals surface area contributed by atoms with E-state index in [-0.39, 0.29) is 23.0 Å². The first-order valence-electron chi connectivity index (χ1n) is 6.61. The van der Waals surface area contributed by atoms with Crippen molar-refractivity contribution in [3.8, 4) is 34.3 Å². The van der Waals surface area contributed by atoms with E-state index in [0.29, 0.717) is 27.7 Å². The number of hydrogen-bond donors (Lipinski definition) is 6. The maximum atomic E-state index is 10.2. The van der Waals surface area contributed by atoms with Gasteiger partial charge in [0, 0.05) is 28.6 Å². The smallest absolute Gasteiger partial charge is 0.169 e. The molecule has 2 aromatic heterocycles. The van der Waals surface area contributed by atoms with Crippen molar-refractivity contribution in [3.63, 3.8) is 0 Å². The van der Waals surface area contributed by atoms with Crippen LogP contribution in [-0.2, 0) is 0 Å².